The highest BCUT2D eigenvalue weighted by molar-refractivity contribution is 5.97. The van der Waals surface area contributed by atoms with Gasteiger partial charge in [-0.2, -0.15) is 5.26 Å². The molecule has 0 saturated heterocycles. The van der Waals surface area contributed by atoms with Gasteiger partial charge in [0, 0.05) is 17.6 Å². The number of rotatable bonds is 4. The number of amides is 1. The first-order chi connectivity index (χ1) is 14.9. The molecule has 4 fully saturated rings. The molecule has 4 bridgehead atoms. The van der Waals surface area contributed by atoms with Crippen LogP contribution in [0.3, 0.4) is 0 Å². The van der Waals surface area contributed by atoms with E-state index in [1.165, 1.54) is 32.6 Å². The highest BCUT2D eigenvalue weighted by Gasteiger charge is 2.54. The first kappa shape index (κ1) is 19.7. The zero-order valence-electron chi connectivity index (χ0n) is 17.6. The number of benzene rings is 1. The van der Waals surface area contributed by atoms with Gasteiger partial charge in [0.05, 0.1) is 23.8 Å². The molecule has 0 spiro atoms. The zero-order chi connectivity index (χ0) is 21.8. The molecule has 0 unspecified atom stereocenters. The van der Waals surface area contributed by atoms with Gasteiger partial charge in [-0.1, -0.05) is 6.07 Å². The van der Waals surface area contributed by atoms with Gasteiger partial charge in [-0.25, -0.2) is 4.79 Å². The Kier molecular flexibility index (Phi) is 4.54. The summed E-state index contributed by atoms with van der Waals surface area (Å²) in [6, 6.07) is 9.26. The lowest BCUT2D eigenvalue weighted by atomic mass is 9.49. The Hall–Kier alpha value is -3.27. The van der Waals surface area contributed by atoms with Crippen LogP contribution in [0, 0.1) is 34.5 Å². The molecule has 1 heterocycles. The third kappa shape index (κ3) is 3.18. The minimum absolute atomic E-state index is 0.0809. The van der Waals surface area contributed by atoms with Crippen LogP contribution >= 0.6 is 0 Å². The maximum absolute atomic E-state index is 13.4. The molecule has 7 nitrogen and oxygen atoms in total. The lowest BCUT2D eigenvalue weighted by Crippen LogP contribution is -2.51. The van der Waals surface area contributed by atoms with Crippen LogP contribution < -0.4 is 11.1 Å². The molecule has 7 heteroatoms. The second-order valence-electron chi connectivity index (χ2n) is 9.48. The summed E-state index contributed by atoms with van der Waals surface area (Å²) >= 11 is 0. The fourth-order valence-corrected chi connectivity index (χ4v) is 6.50. The summed E-state index contributed by atoms with van der Waals surface area (Å²) in [5, 5.41) is 12.5. The Bertz CT molecular complexity index is 1080. The van der Waals surface area contributed by atoms with Crippen molar-refractivity contribution < 1.29 is 14.3 Å². The van der Waals surface area contributed by atoms with Crippen molar-refractivity contribution in [2.24, 2.45) is 23.2 Å². The average molecular weight is 418 g/mol. The minimum Gasteiger partial charge on any atom is -0.464 e. The number of nitrogens with zero attached hydrogens (tertiary/aromatic N) is 2. The van der Waals surface area contributed by atoms with E-state index in [-0.39, 0.29) is 28.3 Å². The number of ether oxygens (including phenoxy) is 1. The molecular formula is C24H26N4O3. The number of nitrogens with two attached hydrogens (primary N) is 1. The van der Waals surface area contributed by atoms with Crippen LogP contribution in [0.15, 0.2) is 30.5 Å². The number of carbonyl (C=O) groups is 2. The van der Waals surface area contributed by atoms with E-state index < -0.39 is 5.97 Å². The standard InChI is InChI=1S/C24H26N4O3/c1-31-22(29)21-20(26)17(12-25)13-28(21)19-4-2-3-18(8-19)27-23(30)24-9-14-5-15(10-24)7-16(6-14)11-24/h2-4,8,13-16H,5-7,9-11,26H2,1H3,(H,27,30). The largest absolute Gasteiger partial charge is 0.464 e. The lowest BCUT2D eigenvalue weighted by Gasteiger charge is -2.55. The molecule has 0 radical (unpaired) electrons. The summed E-state index contributed by atoms with van der Waals surface area (Å²) in [6.45, 7) is 0. The van der Waals surface area contributed by atoms with Crippen molar-refractivity contribution in [3.63, 3.8) is 0 Å². The van der Waals surface area contributed by atoms with Crippen molar-refractivity contribution in [2.45, 2.75) is 38.5 Å². The van der Waals surface area contributed by atoms with Crippen molar-refractivity contribution in [1.29, 1.82) is 5.26 Å². The number of hydrogen-bond donors (Lipinski definition) is 2. The Morgan fingerprint density at radius 3 is 2.42 bits per heavy atom. The molecule has 0 atom stereocenters. The van der Waals surface area contributed by atoms with Crippen molar-refractivity contribution in [1.82, 2.24) is 4.57 Å². The third-order valence-corrected chi connectivity index (χ3v) is 7.45. The van der Waals surface area contributed by atoms with E-state index in [1.807, 2.05) is 18.2 Å². The smallest absolute Gasteiger partial charge is 0.357 e. The van der Waals surface area contributed by atoms with Crippen LogP contribution in [-0.4, -0.2) is 23.6 Å². The molecule has 0 aliphatic heterocycles. The molecule has 4 aliphatic carbocycles. The molecular weight excluding hydrogens is 392 g/mol. The number of carbonyl (C=O) groups excluding carboxylic acids is 2. The quantitative estimate of drug-likeness (QED) is 0.732. The van der Waals surface area contributed by atoms with Gasteiger partial charge in [0.1, 0.15) is 6.07 Å². The van der Waals surface area contributed by atoms with Gasteiger partial charge in [-0.05, 0) is 74.5 Å². The maximum Gasteiger partial charge on any atom is 0.357 e. The fourth-order valence-electron chi connectivity index (χ4n) is 6.50. The van der Waals surface area contributed by atoms with Crippen LogP contribution in [-0.2, 0) is 9.53 Å². The summed E-state index contributed by atoms with van der Waals surface area (Å²) < 4.78 is 6.39. The third-order valence-electron chi connectivity index (χ3n) is 7.45. The van der Waals surface area contributed by atoms with E-state index in [1.54, 1.807) is 16.7 Å². The van der Waals surface area contributed by atoms with Gasteiger partial charge >= 0.3 is 5.97 Å². The van der Waals surface area contributed by atoms with Gasteiger partial charge in [0.15, 0.2) is 5.69 Å². The molecule has 4 saturated carbocycles. The SMILES string of the molecule is COC(=O)c1c(N)c(C#N)cn1-c1cccc(NC(=O)C23CC4CC(CC(C4)C2)C3)c1. The summed E-state index contributed by atoms with van der Waals surface area (Å²) in [7, 11) is 1.27. The first-order valence-electron chi connectivity index (χ1n) is 10.8. The van der Waals surface area contributed by atoms with E-state index in [9.17, 15) is 14.9 Å². The normalized spacial score (nSPS) is 28.2. The number of anilines is 2. The number of hydrogen-bond acceptors (Lipinski definition) is 5. The fraction of sp³-hybridized carbons (Fsp3) is 0.458. The van der Waals surface area contributed by atoms with Crippen molar-refractivity contribution in [3.8, 4) is 11.8 Å². The van der Waals surface area contributed by atoms with Gasteiger partial charge in [-0.3, -0.25) is 4.79 Å². The van der Waals surface area contributed by atoms with Crippen LogP contribution in [0.4, 0.5) is 11.4 Å². The summed E-state index contributed by atoms with van der Waals surface area (Å²) in [4.78, 5) is 25.7. The molecule has 160 valence electrons. The van der Waals surface area contributed by atoms with Gasteiger partial charge in [0.25, 0.3) is 0 Å². The highest BCUT2D eigenvalue weighted by Crippen LogP contribution is 2.60. The second kappa shape index (κ2) is 7.16. The average Bonchev–Trinajstić information content (AvgIpc) is 3.08. The molecule has 4 aliphatic rings. The van der Waals surface area contributed by atoms with E-state index >= 15 is 0 Å². The van der Waals surface area contributed by atoms with Crippen LogP contribution in [0.2, 0.25) is 0 Å². The van der Waals surface area contributed by atoms with E-state index in [2.05, 4.69) is 5.32 Å². The Balaban J connectivity index is 1.44. The first-order valence-corrected chi connectivity index (χ1v) is 10.8. The molecule has 2 aromatic rings. The predicted molar refractivity (Wildman–Crippen MR) is 115 cm³/mol. The number of nitriles is 1. The monoisotopic (exact) mass is 418 g/mol. The topological polar surface area (TPSA) is 110 Å². The van der Waals surface area contributed by atoms with Crippen LogP contribution in [0.1, 0.15) is 54.6 Å². The highest BCUT2D eigenvalue weighted by atomic mass is 16.5. The molecule has 3 N–H and O–H groups in total. The molecule has 6 rings (SSSR count). The number of esters is 1. The van der Waals surface area contributed by atoms with Gasteiger partial charge in [0.2, 0.25) is 5.91 Å². The van der Waals surface area contributed by atoms with E-state index in [0.29, 0.717) is 29.1 Å². The van der Waals surface area contributed by atoms with Gasteiger partial charge in [-0.15, -0.1) is 0 Å². The molecule has 1 amide bonds. The maximum atomic E-state index is 13.4. The van der Waals surface area contributed by atoms with Gasteiger partial charge < -0.3 is 20.4 Å². The summed E-state index contributed by atoms with van der Waals surface area (Å²) in [6.07, 6.45) is 8.36. The van der Waals surface area contributed by atoms with E-state index in [4.69, 9.17) is 10.5 Å². The van der Waals surface area contributed by atoms with Crippen LogP contribution in [0.5, 0.6) is 0 Å². The number of nitrogens with one attached hydrogen (secondary N) is 1. The minimum atomic E-state index is -0.623. The predicted octanol–water partition coefficient (Wildman–Crippen LogP) is 3.87. The van der Waals surface area contributed by atoms with Crippen molar-refractivity contribution in [2.75, 3.05) is 18.2 Å². The zero-order valence-corrected chi connectivity index (χ0v) is 17.6. The number of methoxy groups -OCH3 is 1. The number of nitrogen functional groups attached to an aromatic ring is 1. The van der Waals surface area contributed by atoms with E-state index in [0.717, 1.165) is 19.3 Å². The molecule has 31 heavy (non-hydrogen) atoms. The molecule has 1 aromatic carbocycles. The Morgan fingerprint density at radius 2 is 1.84 bits per heavy atom. The Labute approximate surface area is 181 Å². The second-order valence-corrected chi connectivity index (χ2v) is 9.48. The molecule has 1 aromatic heterocycles. The Morgan fingerprint density at radius 1 is 1.19 bits per heavy atom. The lowest BCUT2D eigenvalue weighted by molar-refractivity contribution is -0.140. The summed E-state index contributed by atoms with van der Waals surface area (Å²) in [5.74, 6) is 1.57. The van der Waals surface area contributed by atoms with Crippen molar-refractivity contribution >= 4 is 23.3 Å². The number of aromatic nitrogens is 1. The van der Waals surface area contributed by atoms with Crippen LogP contribution in [0.25, 0.3) is 5.69 Å². The van der Waals surface area contributed by atoms with Crippen molar-refractivity contribution in [3.05, 3.63) is 41.7 Å². The summed E-state index contributed by atoms with van der Waals surface area (Å²) in [5.41, 5.74) is 7.43.